The molecule has 0 saturated carbocycles. The molecule has 3 N–H and O–H groups in total. The van der Waals surface area contributed by atoms with Crippen LogP contribution in [0.3, 0.4) is 0 Å². The van der Waals surface area contributed by atoms with Crippen LogP contribution >= 0.6 is 0 Å². The number of ether oxygens (including phenoxy) is 1. The zero-order valence-electron chi connectivity index (χ0n) is 28.4. The summed E-state index contributed by atoms with van der Waals surface area (Å²) in [4.78, 5) is 53.0. The van der Waals surface area contributed by atoms with Gasteiger partial charge in [-0.2, -0.15) is 5.10 Å². The average Bonchev–Trinajstić information content (AvgIpc) is 3.79. The Morgan fingerprint density at radius 2 is 1.86 bits per heavy atom. The number of carbonyl (C=O) groups excluding carboxylic acids is 2. The van der Waals surface area contributed by atoms with E-state index in [9.17, 15) is 9.59 Å². The summed E-state index contributed by atoms with van der Waals surface area (Å²) in [6.45, 7) is 3.09. The van der Waals surface area contributed by atoms with Gasteiger partial charge in [-0.05, 0) is 35.8 Å². The van der Waals surface area contributed by atoms with E-state index in [2.05, 4.69) is 34.9 Å². The van der Waals surface area contributed by atoms with Crippen molar-refractivity contribution in [3.05, 3.63) is 72.2 Å². The van der Waals surface area contributed by atoms with Crippen LogP contribution in [0.5, 0.6) is 5.75 Å². The summed E-state index contributed by atoms with van der Waals surface area (Å²) < 4.78 is 24.3. The van der Waals surface area contributed by atoms with Gasteiger partial charge in [-0.3, -0.25) is 14.6 Å². The Balaban J connectivity index is 0.00000464. The van der Waals surface area contributed by atoms with Gasteiger partial charge in [0.15, 0.2) is 17.3 Å². The molecule has 0 unspecified atom stereocenters. The van der Waals surface area contributed by atoms with Gasteiger partial charge >= 0.3 is 0 Å². The van der Waals surface area contributed by atoms with Crippen LogP contribution in [0.2, 0.25) is 0 Å². The van der Waals surface area contributed by atoms with Crippen LogP contribution in [-0.4, -0.2) is 111 Å². The maximum absolute atomic E-state index is 16.7. The molecule has 15 heteroatoms. The minimum absolute atomic E-state index is 0. The number of carbonyl (C=O) groups is 2. The van der Waals surface area contributed by atoms with Gasteiger partial charge in [0.05, 0.1) is 25.2 Å². The molecular formula is C36H40FN11O3. The Morgan fingerprint density at radius 3 is 2.67 bits per heavy atom. The van der Waals surface area contributed by atoms with Crippen molar-refractivity contribution in [3.63, 3.8) is 0 Å². The van der Waals surface area contributed by atoms with Crippen molar-refractivity contribution in [1.82, 2.24) is 34.3 Å². The number of halogens is 1. The monoisotopic (exact) mass is 693 g/mol. The molecule has 0 bridgehead atoms. The van der Waals surface area contributed by atoms with E-state index >= 15 is 4.39 Å². The highest BCUT2D eigenvalue weighted by Gasteiger charge is 2.29. The first-order valence-corrected chi connectivity index (χ1v) is 16.7. The number of aromatic nitrogens is 5. The molecule has 2 aliphatic rings. The smallest absolute Gasteiger partial charge is 0.270 e. The number of nitrogens with one attached hydrogen (secondary N) is 1. The predicted molar refractivity (Wildman–Crippen MR) is 197 cm³/mol. The number of para-hydroxylation sites is 1. The number of rotatable bonds is 9. The molecule has 3 aromatic heterocycles. The maximum atomic E-state index is 16.7. The lowest BCUT2D eigenvalue weighted by atomic mass is 9.93. The zero-order valence-corrected chi connectivity index (χ0v) is 28.4. The summed E-state index contributed by atoms with van der Waals surface area (Å²) in [5.41, 5.74) is 4.48. The number of hydrazone groups is 1. The van der Waals surface area contributed by atoms with Crippen molar-refractivity contribution in [2.24, 2.45) is 23.0 Å². The van der Waals surface area contributed by atoms with E-state index in [-0.39, 0.29) is 37.4 Å². The van der Waals surface area contributed by atoms with Crippen molar-refractivity contribution in [3.8, 4) is 16.9 Å². The van der Waals surface area contributed by atoms with E-state index in [0.29, 0.717) is 79.2 Å². The summed E-state index contributed by atoms with van der Waals surface area (Å²) in [6, 6.07) is 11.1. The Morgan fingerprint density at radius 1 is 1.04 bits per heavy atom. The fourth-order valence-electron chi connectivity index (χ4n) is 6.82. The van der Waals surface area contributed by atoms with Crippen molar-refractivity contribution in [2.75, 3.05) is 57.8 Å². The lowest BCUT2D eigenvalue weighted by molar-refractivity contribution is -0.130. The van der Waals surface area contributed by atoms with Gasteiger partial charge in [0.25, 0.3) is 5.91 Å². The normalized spacial score (nSPS) is 15.4. The lowest BCUT2D eigenvalue weighted by Gasteiger charge is -2.35. The summed E-state index contributed by atoms with van der Waals surface area (Å²) >= 11 is 0. The van der Waals surface area contributed by atoms with E-state index in [0.717, 1.165) is 16.9 Å². The van der Waals surface area contributed by atoms with Crippen LogP contribution in [0.25, 0.3) is 38.8 Å². The zero-order chi connectivity index (χ0) is 35.5. The molecule has 0 aliphatic carbocycles. The predicted octanol–water partition coefficient (Wildman–Crippen LogP) is 3.89. The largest absolute Gasteiger partial charge is 0.496 e. The van der Waals surface area contributed by atoms with Crippen LogP contribution in [-0.2, 0) is 11.8 Å². The molecular weight excluding hydrogens is 653 g/mol. The highest BCUT2D eigenvalue weighted by Crippen LogP contribution is 2.40. The maximum Gasteiger partial charge on any atom is 0.270 e. The van der Waals surface area contributed by atoms with Gasteiger partial charge in [0.2, 0.25) is 5.91 Å². The van der Waals surface area contributed by atoms with Gasteiger partial charge in [0.1, 0.15) is 23.3 Å². The minimum Gasteiger partial charge on any atom is -0.496 e. The number of nitrogens with zero attached hydrogens (tertiary/aromatic N) is 9. The lowest BCUT2D eigenvalue weighted by Crippen LogP contribution is -2.49. The molecule has 0 radical (unpaired) electrons. The third kappa shape index (κ3) is 6.49. The standard InChI is InChI=1S/C36H38FN11O3.H2/c1-45-22-42-34-33(45)35(41-21-40-34)46-14-16-47(17-15-46)36(50)28-19-27-26(24-7-3-4-8-29(24)51-2)18-25(31(37)32(27)44-28)23-6-5-13-48(20-23)30(49)9-10-39-11-12-43-38;/h3-4,6-8,11-12,18-19,21-22,44H,5,9-10,13-17,20,38H2,1-2H3;1H/b39-11?,43-12-;. The number of anilines is 1. The van der Waals surface area contributed by atoms with E-state index in [1.807, 2.05) is 42.0 Å². The quantitative estimate of drug-likeness (QED) is 0.134. The first-order chi connectivity index (χ1) is 24.9. The molecule has 264 valence electrons. The number of hydrogen-bond acceptors (Lipinski definition) is 10. The number of aromatic amines is 1. The van der Waals surface area contributed by atoms with Crippen molar-refractivity contribution >= 4 is 57.7 Å². The number of H-pyrrole nitrogens is 1. The van der Waals surface area contributed by atoms with Crippen molar-refractivity contribution in [2.45, 2.75) is 12.8 Å². The Labute approximate surface area is 294 Å². The van der Waals surface area contributed by atoms with Gasteiger partial charge in [-0.1, -0.05) is 24.3 Å². The number of aliphatic imine (C=N–C) groups is 1. The molecule has 1 fully saturated rings. The first-order valence-electron chi connectivity index (χ1n) is 16.7. The second-order valence-corrected chi connectivity index (χ2v) is 12.4. The van der Waals surface area contributed by atoms with Crippen molar-refractivity contribution in [1.29, 1.82) is 0 Å². The number of methoxy groups -OCH3 is 1. The molecule has 14 nitrogen and oxygen atoms in total. The van der Waals surface area contributed by atoms with E-state index in [4.69, 9.17) is 10.6 Å². The molecule has 5 heterocycles. The number of imidazole rings is 1. The van der Waals surface area contributed by atoms with Gasteiger partial charge in [-0.15, -0.1) is 0 Å². The number of amides is 2. The van der Waals surface area contributed by atoms with E-state index < -0.39 is 5.82 Å². The molecule has 2 aliphatic heterocycles. The highest BCUT2D eigenvalue weighted by atomic mass is 19.1. The third-order valence-electron chi connectivity index (χ3n) is 9.40. The SMILES string of the molecule is COc1ccccc1-c1cc(C2=CCCN(C(=O)CCN=C/C=N\N)C2)c(F)c2[nH]c(C(=O)N3CCN(c4ncnc5ncn(C)c45)CC3)cc12.[HH]. The number of benzene rings is 2. The van der Waals surface area contributed by atoms with Gasteiger partial charge in [0, 0.05) is 83.4 Å². The number of fused-ring (bicyclic) bond motifs is 2. The highest BCUT2D eigenvalue weighted by molar-refractivity contribution is 6.15. The first kappa shape index (κ1) is 33.4. The molecule has 2 aromatic carbocycles. The summed E-state index contributed by atoms with van der Waals surface area (Å²) in [7, 11) is 3.49. The third-order valence-corrected chi connectivity index (χ3v) is 9.40. The molecule has 7 rings (SSSR count). The topological polar surface area (TPSA) is 163 Å². The molecule has 51 heavy (non-hydrogen) atoms. The Bertz CT molecular complexity index is 2200. The van der Waals surface area contributed by atoms with Gasteiger partial charge < -0.3 is 34.8 Å². The summed E-state index contributed by atoms with van der Waals surface area (Å²) in [5, 5.41) is 3.92. The average molecular weight is 694 g/mol. The number of nitrogens with two attached hydrogens (primary N) is 1. The minimum atomic E-state index is -0.484. The molecule has 1 saturated heterocycles. The van der Waals surface area contributed by atoms with Crippen LogP contribution in [0.1, 0.15) is 30.3 Å². The van der Waals surface area contributed by atoms with Crippen LogP contribution in [0.4, 0.5) is 10.2 Å². The Kier molecular flexibility index (Phi) is 9.42. The molecule has 2 amide bonds. The summed E-state index contributed by atoms with van der Waals surface area (Å²) in [6.07, 6.45) is 8.78. The number of aryl methyl sites for hydroxylation is 1. The van der Waals surface area contributed by atoms with Gasteiger partial charge in [-0.25, -0.2) is 19.3 Å². The van der Waals surface area contributed by atoms with Crippen LogP contribution < -0.4 is 15.5 Å². The van der Waals surface area contributed by atoms with Crippen molar-refractivity contribution < 1.29 is 20.1 Å². The Hall–Kier alpha value is -6.12. The fraction of sp³-hybridized carbons (Fsp3) is 0.306. The molecule has 0 spiro atoms. The fourth-order valence-corrected chi connectivity index (χ4v) is 6.82. The number of hydrogen-bond donors (Lipinski definition) is 2. The van der Waals surface area contributed by atoms with E-state index in [1.54, 1.807) is 35.4 Å². The summed E-state index contributed by atoms with van der Waals surface area (Å²) in [5.74, 6) is 5.69. The molecule has 5 aromatic rings. The van der Waals surface area contributed by atoms with Crippen LogP contribution in [0.15, 0.2) is 65.2 Å². The van der Waals surface area contributed by atoms with E-state index in [1.165, 1.54) is 18.8 Å². The second kappa shape index (κ2) is 14.4. The number of piperazine rings is 1. The second-order valence-electron chi connectivity index (χ2n) is 12.4. The van der Waals surface area contributed by atoms with Crippen LogP contribution in [0, 0.1) is 5.82 Å². The molecule has 0 atom stereocenters.